The van der Waals surface area contributed by atoms with Crippen LogP contribution in [0.2, 0.25) is 0 Å². The number of nitrogens with one attached hydrogen (secondary N) is 2. The van der Waals surface area contributed by atoms with Crippen LogP contribution in [0.15, 0.2) is 65.8 Å². The minimum atomic E-state index is -0.242. The fraction of sp³-hybridized carbons (Fsp3) is 0.0588. The van der Waals surface area contributed by atoms with Crippen molar-refractivity contribution in [2.75, 3.05) is 5.75 Å². The Kier molecular flexibility index (Phi) is 4.75. The molecule has 0 spiro atoms. The van der Waals surface area contributed by atoms with Crippen LogP contribution in [0.5, 0.6) is 0 Å². The number of rotatable bonds is 5. The Morgan fingerprint density at radius 3 is 2.26 bits per heavy atom. The summed E-state index contributed by atoms with van der Waals surface area (Å²) >= 11 is 1.32. The van der Waals surface area contributed by atoms with Crippen molar-refractivity contribution in [1.82, 2.24) is 15.4 Å². The summed E-state index contributed by atoms with van der Waals surface area (Å²) in [4.78, 5) is 19.3. The first-order valence-electron chi connectivity index (χ1n) is 7.11. The van der Waals surface area contributed by atoms with Crippen molar-refractivity contribution in [2.45, 2.75) is 5.16 Å². The lowest BCUT2D eigenvalue weighted by Gasteiger charge is -2.02. The van der Waals surface area contributed by atoms with E-state index in [1.54, 1.807) is 0 Å². The summed E-state index contributed by atoms with van der Waals surface area (Å²) in [7, 11) is 0. The van der Waals surface area contributed by atoms with Gasteiger partial charge < -0.3 is 4.98 Å². The van der Waals surface area contributed by atoms with Crippen LogP contribution in [0.3, 0.4) is 0 Å². The molecule has 0 aliphatic heterocycles. The average Bonchev–Trinajstić information content (AvgIpc) is 3.05. The number of nitrogens with two attached hydrogens (primary N) is 1. The molecule has 116 valence electrons. The van der Waals surface area contributed by atoms with E-state index in [2.05, 4.69) is 15.4 Å². The highest BCUT2D eigenvalue weighted by molar-refractivity contribution is 7.99. The van der Waals surface area contributed by atoms with Gasteiger partial charge in [-0.1, -0.05) is 72.4 Å². The summed E-state index contributed by atoms with van der Waals surface area (Å²) in [5.41, 5.74) is 6.00. The minimum absolute atomic E-state index is 0.215. The maximum Gasteiger partial charge on any atom is 0.244 e. The lowest BCUT2D eigenvalue weighted by molar-refractivity contribution is -0.118. The highest BCUT2D eigenvalue weighted by Gasteiger charge is 2.14. The average molecular weight is 324 g/mol. The molecule has 3 aromatic rings. The van der Waals surface area contributed by atoms with Crippen molar-refractivity contribution in [2.24, 2.45) is 5.84 Å². The van der Waals surface area contributed by atoms with Crippen molar-refractivity contribution in [3.05, 3.63) is 60.7 Å². The molecule has 23 heavy (non-hydrogen) atoms. The van der Waals surface area contributed by atoms with Gasteiger partial charge >= 0.3 is 0 Å². The van der Waals surface area contributed by atoms with E-state index < -0.39 is 0 Å². The number of thioether (sulfide) groups is 1. The topological polar surface area (TPSA) is 83.8 Å². The maximum atomic E-state index is 11.3. The second-order valence-electron chi connectivity index (χ2n) is 4.85. The summed E-state index contributed by atoms with van der Waals surface area (Å²) in [6.45, 7) is 0. The molecule has 1 heterocycles. The summed E-state index contributed by atoms with van der Waals surface area (Å²) < 4.78 is 0. The van der Waals surface area contributed by atoms with Crippen LogP contribution in [0.4, 0.5) is 0 Å². The minimum Gasteiger partial charge on any atom is -0.332 e. The van der Waals surface area contributed by atoms with Crippen LogP contribution in [0, 0.1) is 0 Å². The molecule has 5 nitrogen and oxygen atoms in total. The van der Waals surface area contributed by atoms with Crippen LogP contribution >= 0.6 is 11.8 Å². The second-order valence-corrected chi connectivity index (χ2v) is 5.82. The van der Waals surface area contributed by atoms with Crippen molar-refractivity contribution >= 4 is 17.7 Å². The molecule has 0 saturated heterocycles. The summed E-state index contributed by atoms with van der Waals surface area (Å²) in [6, 6.07) is 20.0. The van der Waals surface area contributed by atoms with Gasteiger partial charge in [0.2, 0.25) is 5.91 Å². The molecule has 1 amide bonds. The summed E-state index contributed by atoms with van der Waals surface area (Å²) in [5, 5.41) is 0.686. The molecule has 0 radical (unpaired) electrons. The molecule has 2 aromatic carbocycles. The largest absolute Gasteiger partial charge is 0.332 e. The van der Waals surface area contributed by atoms with E-state index >= 15 is 0 Å². The first-order valence-corrected chi connectivity index (χ1v) is 8.09. The van der Waals surface area contributed by atoms with Gasteiger partial charge in [-0.15, -0.1) is 0 Å². The van der Waals surface area contributed by atoms with Crippen LogP contribution < -0.4 is 11.3 Å². The van der Waals surface area contributed by atoms with E-state index in [-0.39, 0.29) is 11.7 Å². The van der Waals surface area contributed by atoms with Crippen molar-refractivity contribution < 1.29 is 4.79 Å². The molecule has 3 rings (SSSR count). The van der Waals surface area contributed by atoms with Crippen LogP contribution in [0.1, 0.15) is 0 Å². The monoisotopic (exact) mass is 324 g/mol. The van der Waals surface area contributed by atoms with E-state index in [0.29, 0.717) is 5.16 Å². The molecule has 0 atom stereocenters. The quantitative estimate of drug-likeness (QED) is 0.292. The number of hydrogen-bond acceptors (Lipinski definition) is 4. The second kappa shape index (κ2) is 7.13. The Labute approximate surface area is 138 Å². The van der Waals surface area contributed by atoms with Crippen molar-refractivity contribution in [3.63, 3.8) is 0 Å². The molecule has 6 heteroatoms. The van der Waals surface area contributed by atoms with Gasteiger partial charge in [0.05, 0.1) is 17.1 Å². The van der Waals surface area contributed by atoms with Gasteiger partial charge in [-0.05, 0) is 0 Å². The maximum absolute atomic E-state index is 11.3. The van der Waals surface area contributed by atoms with E-state index in [1.165, 1.54) is 11.8 Å². The number of hydrogen-bond donors (Lipinski definition) is 3. The van der Waals surface area contributed by atoms with Gasteiger partial charge in [0.15, 0.2) is 5.16 Å². The molecule has 4 N–H and O–H groups in total. The molecule has 0 unspecified atom stereocenters. The smallest absolute Gasteiger partial charge is 0.244 e. The van der Waals surface area contributed by atoms with Crippen molar-refractivity contribution in [3.8, 4) is 22.5 Å². The fourth-order valence-corrected chi connectivity index (χ4v) is 2.90. The Hall–Kier alpha value is -2.57. The molecular formula is C17H16N4OS. The number of carbonyl (C=O) groups is 1. The number of benzene rings is 2. The van der Waals surface area contributed by atoms with Crippen molar-refractivity contribution in [1.29, 1.82) is 0 Å². The van der Waals surface area contributed by atoms with E-state index in [4.69, 9.17) is 5.84 Å². The third kappa shape index (κ3) is 3.61. The lowest BCUT2D eigenvalue weighted by atomic mass is 10.1. The van der Waals surface area contributed by atoms with E-state index in [0.717, 1.165) is 22.5 Å². The van der Waals surface area contributed by atoms with Gasteiger partial charge in [0.25, 0.3) is 0 Å². The van der Waals surface area contributed by atoms with Crippen LogP contribution in [-0.2, 0) is 4.79 Å². The number of H-pyrrole nitrogens is 1. The van der Waals surface area contributed by atoms with Crippen LogP contribution in [-0.4, -0.2) is 21.6 Å². The first-order chi connectivity index (χ1) is 11.3. The Morgan fingerprint density at radius 2 is 1.65 bits per heavy atom. The number of amides is 1. The first kappa shape index (κ1) is 15.3. The normalized spacial score (nSPS) is 10.5. The zero-order valence-corrected chi connectivity index (χ0v) is 13.1. The summed E-state index contributed by atoms with van der Waals surface area (Å²) in [6.07, 6.45) is 0. The van der Waals surface area contributed by atoms with Crippen LogP contribution in [0.25, 0.3) is 22.5 Å². The van der Waals surface area contributed by atoms with Gasteiger partial charge in [0.1, 0.15) is 0 Å². The zero-order valence-electron chi connectivity index (χ0n) is 12.3. The van der Waals surface area contributed by atoms with E-state index in [9.17, 15) is 4.79 Å². The Bertz CT molecular complexity index is 730. The highest BCUT2D eigenvalue weighted by atomic mass is 32.2. The fourth-order valence-electron chi connectivity index (χ4n) is 2.21. The third-order valence-corrected chi connectivity index (χ3v) is 4.17. The zero-order chi connectivity index (χ0) is 16.1. The molecule has 0 aliphatic rings. The predicted octanol–water partition coefficient (Wildman–Crippen LogP) is 2.83. The van der Waals surface area contributed by atoms with Gasteiger partial charge in [-0.3, -0.25) is 10.2 Å². The number of hydrazine groups is 1. The SMILES string of the molecule is NNC(=O)CSc1nc(-c2ccccc2)c(-c2ccccc2)[nH]1. The number of aromatic amines is 1. The predicted molar refractivity (Wildman–Crippen MR) is 92.5 cm³/mol. The number of carbonyl (C=O) groups excluding carboxylic acids is 1. The molecule has 0 aliphatic carbocycles. The third-order valence-electron chi connectivity index (χ3n) is 3.29. The Balaban J connectivity index is 1.99. The molecule has 0 fully saturated rings. The van der Waals surface area contributed by atoms with Gasteiger partial charge in [-0.25, -0.2) is 10.8 Å². The number of imidazole rings is 1. The van der Waals surface area contributed by atoms with Gasteiger partial charge in [0, 0.05) is 11.1 Å². The standard InChI is InChI=1S/C17H16N4OS/c18-21-14(22)11-23-17-19-15(12-7-3-1-4-8-12)16(20-17)13-9-5-2-6-10-13/h1-10H,11,18H2,(H,19,20)(H,21,22). The summed E-state index contributed by atoms with van der Waals surface area (Å²) in [5.74, 6) is 5.08. The van der Waals surface area contributed by atoms with Gasteiger partial charge in [-0.2, -0.15) is 0 Å². The number of nitrogens with zero attached hydrogens (tertiary/aromatic N) is 1. The highest BCUT2D eigenvalue weighted by Crippen LogP contribution is 2.32. The lowest BCUT2D eigenvalue weighted by Crippen LogP contribution is -2.31. The molecular weight excluding hydrogens is 308 g/mol. The molecule has 0 saturated carbocycles. The van der Waals surface area contributed by atoms with E-state index in [1.807, 2.05) is 60.7 Å². The number of aromatic nitrogens is 2. The Morgan fingerprint density at radius 1 is 1.04 bits per heavy atom. The molecule has 0 bridgehead atoms. The molecule has 1 aromatic heterocycles.